The minimum absolute atomic E-state index is 0.00373. The van der Waals surface area contributed by atoms with Gasteiger partial charge in [-0.3, -0.25) is 4.79 Å². The second kappa shape index (κ2) is 4.98. The zero-order chi connectivity index (χ0) is 13.3. The Hall–Kier alpha value is -1.55. The zero-order valence-electron chi connectivity index (χ0n) is 10.9. The topological polar surface area (TPSA) is 55.1 Å². The Labute approximate surface area is 111 Å². The zero-order valence-corrected chi connectivity index (χ0v) is 11.7. The molecule has 1 amide bonds. The van der Waals surface area contributed by atoms with E-state index in [-0.39, 0.29) is 11.9 Å². The Balaban J connectivity index is 2.23. The first-order valence-electron chi connectivity index (χ1n) is 6.07. The fourth-order valence-electron chi connectivity index (χ4n) is 1.62. The molecule has 0 aliphatic heterocycles. The molecule has 0 saturated carbocycles. The molecular weight excluding hydrogens is 244 g/mol. The van der Waals surface area contributed by atoms with E-state index in [0.717, 1.165) is 20.7 Å². The van der Waals surface area contributed by atoms with Crippen LogP contribution in [0.1, 0.15) is 30.4 Å². The van der Waals surface area contributed by atoms with Crippen molar-refractivity contribution < 1.29 is 4.79 Å². The van der Waals surface area contributed by atoms with Gasteiger partial charge < -0.3 is 11.1 Å². The molecule has 0 fully saturated rings. The van der Waals surface area contributed by atoms with Crippen molar-refractivity contribution in [2.45, 2.75) is 26.8 Å². The van der Waals surface area contributed by atoms with E-state index in [4.69, 9.17) is 5.73 Å². The quantitative estimate of drug-likeness (QED) is 0.834. The normalized spacial score (nSPS) is 12.9. The number of nitrogens with two attached hydrogens (primary N) is 1. The van der Waals surface area contributed by atoms with Crippen molar-refractivity contribution in [3.05, 3.63) is 29.1 Å². The number of anilines is 1. The molecule has 1 atom stereocenters. The largest absolute Gasteiger partial charge is 0.399 e. The van der Waals surface area contributed by atoms with Gasteiger partial charge in [-0.1, -0.05) is 13.8 Å². The minimum Gasteiger partial charge on any atom is -0.399 e. The molecule has 0 aliphatic carbocycles. The van der Waals surface area contributed by atoms with Crippen molar-refractivity contribution in [3.8, 4) is 0 Å². The molecule has 3 nitrogen and oxygen atoms in total. The molecule has 2 aromatic rings. The maximum Gasteiger partial charge on any atom is 0.261 e. The standard InChI is InChI=1S/C14H18N2OS/c1-8(2)9(3)16-14(17)13-7-10-6-11(15)4-5-12(10)18-13/h4-9H,15H2,1-3H3,(H,16,17). The van der Waals surface area contributed by atoms with Crippen molar-refractivity contribution in [2.75, 3.05) is 5.73 Å². The molecular formula is C14H18N2OS. The van der Waals surface area contributed by atoms with E-state index in [0.29, 0.717) is 5.92 Å². The van der Waals surface area contributed by atoms with Crippen LogP contribution < -0.4 is 11.1 Å². The highest BCUT2D eigenvalue weighted by atomic mass is 32.1. The van der Waals surface area contributed by atoms with Crippen molar-refractivity contribution in [2.24, 2.45) is 5.92 Å². The van der Waals surface area contributed by atoms with Gasteiger partial charge in [-0.2, -0.15) is 0 Å². The summed E-state index contributed by atoms with van der Waals surface area (Å²) in [7, 11) is 0. The molecule has 1 aromatic heterocycles. The van der Waals surface area contributed by atoms with Crippen LogP contribution in [0.3, 0.4) is 0 Å². The minimum atomic E-state index is -0.00373. The van der Waals surface area contributed by atoms with Gasteiger partial charge in [0.2, 0.25) is 0 Å². The summed E-state index contributed by atoms with van der Waals surface area (Å²) >= 11 is 1.50. The summed E-state index contributed by atoms with van der Waals surface area (Å²) in [5.74, 6) is 0.426. The third-order valence-electron chi connectivity index (χ3n) is 3.12. The van der Waals surface area contributed by atoms with Crippen LogP contribution in [-0.2, 0) is 0 Å². The Morgan fingerprint density at radius 2 is 2.00 bits per heavy atom. The highest BCUT2D eigenvalue weighted by Crippen LogP contribution is 2.27. The first kappa shape index (κ1) is 12.9. The van der Waals surface area contributed by atoms with Crippen molar-refractivity contribution in [3.63, 3.8) is 0 Å². The Morgan fingerprint density at radius 1 is 1.28 bits per heavy atom. The van der Waals surface area contributed by atoms with Gasteiger partial charge in [0.05, 0.1) is 4.88 Å². The molecule has 0 saturated heterocycles. The average molecular weight is 262 g/mol. The van der Waals surface area contributed by atoms with E-state index < -0.39 is 0 Å². The van der Waals surface area contributed by atoms with Crippen LogP contribution in [0, 0.1) is 5.92 Å². The number of carbonyl (C=O) groups is 1. The van der Waals surface area contributed by atoms with E-state index in [1.807, 2.05) is 31.2 Å². The highest BCUT2D eigenvalue weighted by Gasteiger charge is 2.14. The number of fused-ring (bicyclic) bond motifs is 1. The smallest absolute Gasteiger partial charge is 0.261 e. The van der Waals surface area contributed by atoms with E-state index in [1.165, 1.54) is 11.3 Å². The second-order valence-electron chi connectivity index (χ2n) is 4.91. The molecule has 2 rings (SSSR count). The molecule has 1 heterocycles. The molecule has 0 aliphatic rings. The lowest BCUT2D eigenvalue weighted by Crippen LogP contribution is -2.35. The van der Waals surface area contributed by atoms with Crippen LogP contribution in [0.2, 0.25) is 0 Å². The fourth-order valence-corrected chi connectivity index (χ4v) is 2.56. The van der Waals surface area contributed by atoms with Crippen LogP contribution in [0.4, 0.5) is 5.69 Å². The summed E-state index contributed by atoms with van der Waals surface area (Å²) in [5.41, 5.74) is 6.46. The number of benzene rings is 1. The van der Waals surface area contributed by atoms with Gasteiger partial charge in [-0.25, -0.2) is 0 Å². The highest BCUT2D eigenvalue weighted by molar-refractivity contribution is 7.20. The van der Waals surface area contributed by atoms with Gasteiger partial charge in [0.1, 0.15) is 0 Å². The number of thiophene rings is 1. The van der Waals surface area contributed by atoms with Crippen molar-refractivity contribution in [1.29, 1.82) is 0 Å². The summed E-state index contributed by atoms with van der Waals surface area (Å²) in [6.45, 7) is 6.21. The summed E-state index contributed by atoms with van der Waals surface area (Å²) in [6, 6.07) is 7.79. The number of nitrogens with one attached hydrogen (secondary N) is 1. The SMILES string of the molecule is CC(C)C(C)NC(=O)c1cc2cc(N)ccc2s1. The second-order valence-corrected chi connectivity index (χ2v) is 6.00. The first-order valence-corrected chi connectivity index (χ1v) is 6.89. The number of nitrogen functional groups attached to an aromatic ring is 1. The fraction of sp³-hybridized carbons (Fsp3) is 0.357. The van der Waals surface area contributed by atoms with Gasteiger partial charge >= 0.3 is 0 Å². The molecule has 0 spiro atoms. The number of amides is 1. The van der Waals surface area contributed by atoms with E-state index >= 15 is 0 Å². The average Bonchev–Trinajstić information content (AvgIpc) is 2.71. The van der Waals surface area contributed by atoms with Gasteiger partial charge in [0.25, 0.3) is 5.91 Å². The molecule has 4 heteroatoms. The molecule has 3 N–H and O–H groups in total. The lowest BCUT2D eigenvalue weighted by atomic mass is 10.1. The van der Waals surface area contributed by atoms with Gasteiger partial charge in [0.15, 0.2) is 0 Å². The lowest BCUT2D eigenvalue weighted by molar-refractivity contribution is 0.0934. The van der Waals surface area contributed by atoms with Gasteiger partial charge in [-0.05, 0) is 42.5 Å². The first-order chi connectivity index (χ1) is 8.47. The number of hydrogen-bond donors (Lipinski definition) is 2. The van der Waals surface area contributed by atoms with Crippen LogP contribution in [0.25, 0.3) is 10.1 Å². The third kappa shape index (κ3) is 2.64. The molecule has 0 radical (unpaired) electrons. The van der Waals surface area contributed by atoms with E-state index in [9.17, 15) is 4.79 Å². The van der Waals surface area contributed by atoms with E-state index in [2.05, 4.69) is 19.2 Å². The number of hydrogen-bond acceptors (Lipinski definition) is 3. The predicted molar refractivity (Wildman–Crippen MR) is 78.0 cm³/mol. The van der Waals surface area contributed by atoms with Gasteiger partial charge in [0, 0.05) is 16.4 Å². The lowest BCUT2D eigenvalue weighted by Gasteiger charge is -2.16. The summed E-state index contributed by atoms with van der Waals surface area (Å²) in [4.78, 5) is 12.8. The van der Waals surface area contributed by atoms with Crippen LogP contribution in [0.5, 0.6) is 0 Å². The van der Waals surface area contributed by atoms with Crippen LogP contribution in [0.15, 0.2) is 24.3 Å². The molecule has 0 bridgehead atoms. The van der Waals surface area contributed by atoms with Crippen molar-refractivity contribution >= 4 is 33.0 Å². The molecule has 96 valence electrons. The molecule has 1 unspecified atom stereocenters. The number of carbonyl (C=O) groups excluding carboxylic acids is 1. The van der Waals surface area contributed by atoms with Gasteiger partial charge in [-0.15, -0.1) is 11.3 Å². The maximum atomic E-state index is 12.1. The predicted octanol–water partition coefficient (Wildman–Crippen LogP) is 3.26. The Kier molecular flexibility index (Phi) is 3.57. The summed E-state index contributed by atoms with van der Waals surface area (Å²) in [5, 5.41) is 4.04. The third-order valence-corrected chi connectivity index (χ3v) is 4.24. The molecule has 1 aromatic carbocycles. The van der Waals surface area contributed by atoms with E-state index in [1.54, 1.807) is 0 Å². The van der Waals surface area contributed by atoms with Crippen LogP contribution >= 0.6 is 11.3 Å². The number of rotatable bonds is 3. The Bertz CT molecular complexity index is 574. The maximum absolute atomic E-state index is 12.1. The van der Waals surface area contributed by atoms with Crippen molar-refractivity contribution in [1.82, 2.24) is 5.32 Å². The monoisotopic (exact) mass is 262 g/mol. The summed E-state index contributed by atoms with van der Waals surface area (Å²) in [6.07, 6.45) is 0. The summed E-state index contributed by atoms with van der Waals surface area (Å²) < 4.78 is 1.09. The molecule has 18 heavy (non-hydrogen) atoms. The Morgan fingerprint density at radius 3 is 2.67 bits per heavy atom. The van der Waals surface area contributed by atoms with Crippen LogP contribution in [-0.4, -0.2) is 11.9 Å².